The number of rotatable bonds is 6. The highest BCUT2D eigenvalue weighted by atomic mass is 32.1. The number of para-hydroxylation sites is 8. The molecule has 10 heteroatoms. The number of benzene rings is 6. The summed E-state index contributed by atoms with van der Waals surface area (Å²) < 4.78 is 6.84. The van der Waals surface area contributed by atoms with Gasteiger partial charge in [-0.25, -0.2) is 24.9 Å². The Balaban J connectivity index is 1.37. The van der Waals surface area contributed by atoms with Crippen LogP contribution in [0.1, 0.15) is 0 Å². The Morgan fingerprint density at radius 1 is 0.483 bits per heavy atom. The topological polar surface area (TPSA) is 122 Å². The predicted molar refractivity (Wildman–Crippen MR) is 232 cm³/mol. The van der Waals surface area contributed by atoms with Crippen LogP contribution in [0.25, 0.3) is 122 Å². The number of nitrogens with zero attached hydrogens (tertiary/aromatic N) is 6. The number of imidazole rings is 1. The molecule has 0 saturated heterocycles. The van der Waals surface area contributed by atoms with Crippen LogP contribution in [0.15, 0.2) is 162 Å². The van der Waals surface area contributed by atoms with Crippen LogP contribution in [-0.4, -0.2) is 39.9 Å². The number of hydrogen-bond acceptors (Lipinski definition) is 8. The molecule has 0 atom stereocenters. The summed E-state index contributed by atoms with van der Waals surface area (Å²) in [6.07, 6.45) is 5.39. The van der Waals surface area contributed by atoms with Crippen molar-refractivity contribution in [3.05, 3.63) is 157 Å². The lowest BCUT2D eigenvalue weighted by atomic mass is 9.80. The number of H-pyrrole nitrogens is 2. The van der Waals surface area contributed by atoms with E-state index in [2.05, 4.69) is 69.9 Å². The molecule has 0 amide bonds. The Bertz CT molecular complexity index is 3470. The van der Waals surface area contributed by atoms with Gasteiger partial charge < -0.3 is 14.4 Å². The van der Waals surface area contributed by atoms with Gasteiger partial charge >= 0.3 is 0 Å². The summed E-state index contributed by atoms with van der Waals surface area (Å²) in [5, 5.41) is 4.33. The molecule has 2 N–H and O–H groups in total. The van der Waals surface area contributed by atoms with E-state index in [0.717, 1.165) is 87.6 Å². The first-order valence-electron chi connectivity index (χ1n) is 18.8. The van der Waals surface area contributed by atoms with Crippen LogP contribution >= 0.6 is 11.3 Å². The van der Waals surface area contributed by atoms with Crippen LogP contribution in [0, 0.1) is 0 Å². The van der Waals surface area contributed by atoms with Crippen molar-refractivity contribution in [1.29, 1.82) is 0 Å². The lowest BCUT2D eigenvalue weighted by Crippen LogP contribution is -2.05. The summed E-state index contributed by atoms with van der Waals surface area (Å²) in [7, 11) is 0. The normalized spacial score (nSPS) is 11.8. The van der Waals surface area contributed by atoms with Gasteiger partial charge in [-0.3, -0.25) is 4.98 Å². The quantitative estimate of drug-likeness (QED) is 0.173. The molecular formula is C48H28N8OS. The van der Waals surface area contributed by atoms with Gasteiger partial charge in [0.25, 0.3) is 0 Å². The molecule has 6 aromatic heterocycles. The second-order valence-electron chi connectivity index (χ2n) is 14.0. The summed E-state index contributed by atoms with van der Waals surface area (Å²) in [4.78, 5) is 39.3. The fraction of sp³-hybridized carbons (Fsp3) is 0. The molecule has 0 radical (unpaired) electrons. The van der Waals surface area contributed by atoms with Gasteiger partial charge in [-0.2, -0.15) is 0 Å². The van der Waals surface area contributed by atoms with Crippen molar-refractivity contribution in [3.63, 3.8) is 0 Å². The number of thiophene rings is 1. The smallest absolute Gasteiger partial charge is 0.228 e. The zero-order valence-electron chi connectivity index (χ0n) is 30.5. The molecule has 0 aliphatic heterocycles. The summed E-state index contributed by atoms with van der Waals surface area (Å²) in [5.41, 5.74) is 13.1. The van der Waals surface area contributed by atoms with Gasteiger partial charge in [0.15, 0.2) is 11.4 Å². The molecule has 12 rings (SSSR count). The second-order valence-corrected chi connectivity index (χ2v) is 15.0. The third-order valence-corrected chi connectivity index (χ3v) is 11.6. The fourth-order valence-electron chi connectivity index (χ4n) is 8.25. The minimum absolute atomic E-state index is 0.429. The van der Waals surface area contributed by atoms with E-state index in [1.165, 1.54) is 0 Å². The van der Waals surface area contributed by atoms with Gasteiger partial charge in [0, 0.05) is 66.9 Å². The molecule has 0 unspecified atom stereocenters. The van der Waals surface area contributed by atoms with Crippen molar-refractivity contribution < 1.29 is 4.42 Å². The maximum atomic E-state index is 6.84. The Hall–Kier alpha value is -7.82. The average molecular weight is 765 g/mol. The lowest BCUT2D eigenvalue weighted by Gasteiger charge is -2.24. The van der Waals surface area contributed by atoms with Gasteiger partial charge in [-0.05, 0) is 60.0 Å². The fourth-order valence-corrected chi connectivity index (χ4v) is 9.04. The molecule has 58 heavy (non-hydrogen) atoms. The maximum absolute atomic E-state index is 6.84. The maximum Gasteiger partial charge on any atom is 0.228 e. The third kappa shape index (κ3) is 5.02. The van der Waals surface area contributed by atoms with Crippen LogP contribution in [0.3, 0.4) is 0 Å². The highest BCUT2D eigenvalue weighted by molar-refractivity contribution is 7.13. The van der Waals surface area contributed by atoms with Crippen molar-refractivity contribution >= 4 is 66.3 Å². The number of aromatic amines is 2. The van der Waals surface area contributed by atoms with E-state index in [1.54, 1.807) is 23.7 Å². The zero-order valence-corrected chi connectivity index (χ0v) is 31.3. The molecule has 9 nitrogen and oxygen atoms in total. The number of fused-ring (bicyclic) bond motifs is 6. The van der Waals surface area contributed by atoms with Gasteiger partial charge in [0.1, 0.15) is 11.3 Å². The molecule has 0 spiro atoms. The first kappa shape index (κ1) is 32.4. The minimum atomic E-state index is 0.429. The highest BCUT2D eigenvalue weighted by Crippen LogP contribution is 2.56. The van der Waals surface area contributed by atoms with E-state index in [0.29, 0.717) is 34.4 Å². The van der Waals surface area contributed by atoms with Crippen molar-refractivity contribution in [2.75, 3.05) is 0 Å². The largest absolute Gasteiger partial charge is 0.436 e. The van der Waals surface area contributed by atoms with Gasteiger partial charge in [0.2, 0.25) is 5.89 Å². The van der Waals surface area contributed by atoms with E-state index >= 15 is 0 Å². The summed E-state index contributed by atoms with van der Waals surface area (Å²) in [6.45, 7) is 0. The van der Waals surface area contributed by atoms with Crippen LogP contribution < -0.4 is 0 Å². The molecule has 0 aliphatic rings. The van der Waals surface area contributed by atoms with Gasteiger partial charge in [-0.1, -0.05) is 78.9 Å². The molecule has 12 aromatic rings. The highest BCUT2D eigenvalue weighted by Gasteiger charge is 2.35. The molecular weight excluding hydrogens is 737 g/mol. The SMILES string of the molecule is c1cnc(-c2c(-c3nc4ccccc4[nH]3)c(-c3cnc4ccccc4n3)c(-c3cccs3)c(-c3cccc4c3[nH]c3ccccc34)c2-c2nc3ccccc3o2)nc1. The number of nitrogens with one attached hydrogen (secondary N) is 2. The first-order valence-corrected chi connectivity index (χ1v) is 19.7. The van der Waals surface area contributed by atoms with Crippen LogP contribution in [0.4, 0.5) is 0 Å². The van der Waals surface area contributed by atoms with E-state index in [1.807, 2.05) is 85.1 Å². The predicted octanol–water partition coefficient (Wildman–Crippen LogP) is 12.1. The molecule has 0 saturated carbocycles. The molecule has 6 heterocycles. The van der Waals surface area contributed by atoms with E-state index in [9.17, 15) is 0 Å². The van der Waals surface area contributed by atoms with Crippen molar-refractivity contribution in [1.82, 2.24) is 39.9 Å². The van der Waals surface area contributed by atoms with E-state index < -0.39 is 0 Å². The summed E-state index contributed by atoms with van der Waals surface area (Å²) >= 11 is 1.66. The minimum Gasteiger partial charge on any atom is -0.436 e. The Labute approximate surface area is 333 Å². The second kappa shape index (κ2) is 12.9. The Morgan fingerprint density at radius 3 is 2.07 bits per heavy atom. The number of hydrogen-bond donors (Lipinski definition) is 2. The van der Waals surface area contributed by atoms with Crippen molar-refractivity contribution in [3.8, 4) is 67.1 Å². The zero-order chi connectivity index (χ0) is 38.2. The summed E-state index contributed by atoms with van der Waals surface area (Å²) in [6, 6.07) is 44.8. The third-order valence-electron chi connectivity index (χ3n) is 10.7. The van der Waals surface area contributed by atoms with E-state index in [-0.39, 0.29) is 0 Å². The van der Waals surface area contributed by atoms with Crippen LogP contribution in [0.5, 0.6) is 0 Å². The van der Waals surface area contributed by atoms with Crippen molar-refractivity contribution in [2.24, 2.45) is 0 Å². The molecule has 272 valence electrons. The standard InChI is InChI=1S/C48H28N8OS/c1-2-15-30-27(12-1)28-13-9-14-29(45(28)53-30)39-41(38-22-10-25-58-38)40(36-26-51-31-16-3-4-17-32(31)52-36)42(47-54-33-18-5-6-19-34(33)55-47)43(46-49-23-11-24-50-46)44(39)48-56-35-20-7-8-21-37(35)57-48/h1-26,53H,(H,54,55). The molecule has 0 fully saturated rings. The molecule has 0 aliphatic carbocycles. The monoisotopic (exact) mass is 764 g/mol. The Kier molecular flexibility index (Phi) is 7.20. The van der Waals surface area contributed by atoms with Crippen molar-refractivity contribution in [2.45, 2.75) is 0 Å². The van der Waals surface area contributed by atoms with E-state index in [4.69, 9.17) is 34.3 Å². The lowest BCUT2D eigenvalue weighted by molar-refractivity contribution is 0.620. The first-order chi connectivity index (χ1) is 28.8. The molecule has 0 bridgehead atoms. The summed E-state index contributed by atoms with van der Waals surface area (Å²) in [5.74, 6) is 1.53. The average Bonchev–Trinajstić information content (AvgIpc) is 4.11. The number of aromatic nitrogens is 8. The van der Waals surface area contributed by atoms with Crippen LogP contribution in [0.2, 0.25) is 0 Å². The van der Waals surface area contributed by atoms with Gasteiger partial charge in [0.05, 0.1) is 45.0 Å². The Morgan fingerprint density at radius 2 is 1.24 bits per heavy atom. The molecule has 6 aromatic carbocycles. The number of oxazole rings is 1. The van der Waals surface area contributed by atoms with Gasteiger partial charge in [-0.15, -0.1) is 11.3 Å². The van der Waals surface area contributed by atoms with Crippen LogP contribution in [-0.2, 0) is 0 Å².